The van der Waals surface area contributed by atoms with Gasteiger partial charge in [0.15, 0.2) is 0 Å². The fraction of sp³-hybridized carbons (Fsp3) is 0.300. The highest BCUT2D eigenvalue weighted by molar-refractivity contribution is 6.48. The van der Waals surface area contributed by atoms with Crippen molar-refractivity contribution in [2.24, 2.45) is 5.16 Å². The maximum Gasteiger partial charge on any atom is 0.435 e. The predicted octanol–water partition coefficient (Wildman–Crippen LogP) is 4.81. The van der Waals surface area contributed by atoms with E-state index in [0.717, 1.165) is 18.3 Å². The molecule has 1 atom stereocenters. The Bertz CT molecular complexity index is 485. The fourth-order valence-corrected chi connectivity index (χ4v) is 2.22. The van der Waals surface area contributed by atoms with Crippen LogP contribution < -0.4 is 0 Å². The van der Waals surface area contributed by atoms with E-state index in [1.54, 1.807) is 0 Å². The van der Waals surface area contributed by atoms with E-state index in [0.29, 0.717) is 0 Å². The summed E-state index contributed by atoms with van der Waals surface area (Å²) in [7, 11) is 0. The van der Waals surface area contributed by atoms with Crippen LogP contribution in [0.25, 0.3) is 0 Å². The Morgan fingerprint density at radius 3 is 2.11 bits per heavy atom. The summed E-state index contributed by atoms with van der Waals surface area (Å²) in [4.78, 5) is 4.53. The molecule has 0 amide bonds. The van der Waals surface area contributed by atoms with Crippen LogP contribution in [0.5, 0.6) is 0 Å². The van der Waals surface area contributed by atoms with Gasteiger partial charge in [-0.05, 0) is 12.1 Å². The highest BCUT2D eigenvalue weighted by Crippen LogP contribution is 2.48. The van der Waals surface area contributed by atoms with Gasteiger partial charge in [-0.3, -0.25) is 0 Å². The van der Waals surface area contributed by atoms with Crippen LogP contribution in [0.1, 0.15) is 12.0 Å². The topological polar surface area (TPSA) is 21.6 Å². The third-order valence-electron chi connectivity index (χ3n) is 2.57. The molecule has 2 rings (SSSR count). The fourth-order valence-electron chi connectivity index (χ4n) is 1.62. The summed E-state index contributed by atoms with van der Waals surface area (Å²) in [5.41, 5.74) is -2.78. The number of alkyl halides is 3. The van der Waals surface area contributed by atoms with Crippen LogP contribution in [0, 0.1) is 0 Å². The number of rotatable bonds is 1. The SMILES string of the molecule is FC(F)(F)[C@@]1(c2cc(Cl)c(Cl)c(Cl)c2)CC=NO1. The van der Waals surface area contributed by atoms with Gasteiger partial charge in [-0.15, -0.1) is 0 Å². The van der Waals surface area contributed by atoms with Gasteiger partial charge in [0.05, 0.1) is 15.1 Å². The molecule has 18 heavy (non-hydrogen) atoms. The van der Waals surface area contributed by atoms with E-state index in [1.165, 1.54) is 0 Å². The van der Waals surface area contributed by atoms with E-state index in [9.17, 15) is 13.2 Å². The molecule has 0 unspecified atom stereocenters. The number of hydrogen-bond acceptors (Lipinski definition) is 2. The van der Waals surface area contributed by atoms with Crippen molar-refractivity contribution in [1.29, 1.82) is 0 Å². The van der Waals surface area contributed by atoms with Crippen LogP contribution in [0.3, 0.4) is 0 Å². The molecule has 0 bridgehead atoms. The van der Waals surface area contributed by atoms with Crippen molar-refractivity contribution in [3.63, 3.8) is 0 Å². The van der Waals surface area contributed by atoms with Crippen molar-refractivity contribution in [3.8, 4) is 0 Å². The smallest absolute Gasteiger partial charge is 0.375 e. The second-order valence-electron chi connectivity index (χ2n) is 3.66. The van der Waals surface area contributed by atoms with Crippen molar-refractivity contribution in [3.05, 3.63) is 32.8 Å². The lowest BCUT2D eigenvalue weighted by atomic mass is 9.90. The minimum absolute atomic E-state index is 0.00155. The van der Waals surface area contributed by atoms with Crippen LogP contribution in [0.4, 0.5) is 13.2 Å². The van der Waals surface area contributed by atoms with E-state index in [1.807, 2.05) is 0 Å². The highest BCUT2D eigenvalue weighted by atomic mass is 35.5. The summed E-state index contributed by atoms with van der Waals surface area (Å²) < 4.78 is 39.4. The van der Waals surface area contributed by atoms with Crippen molar-refractivity contribution in [2.75, 3.05) is 0 Å². The van der Waals surface area contributed by atoms with Gasteiger partial charge in [0, 0.05) is 18.2 Å². The van der Waals surface area contributed by atoms with Crippen LogP contribution >= 0.6 is 34.8 Å². The van der Waals surface area contributed by atoms with Gasteiger partial charge in [0.2, 0.25) is 0 Å². The second-order valence-corrected chi connectivity index (χ2v) is 4.85. The first kappa shape index (κ1) is 13.8. The Balaban J connectivity index is 2.58. The quantitative estimate of drug-likeness (QED) is 0.681. The van der Waals surface area contributed by atoms with E-state index in [4.69, 9.17) is 34.8 Å². The normalized spacial score (nSPS) is 23.2. The zero-order valence-corrected chi connectivity index (χ0v) is 10.8. The molecular weight excluding hydrogens is 313 g/mol. The van der Waals surface area contributed by atoms with Gasteiger partial charge in [-0.25, -0.2) is 0 Å². The molecule has 1 aromatic rings. The van der Waals surface area contributed by atoms with Gasteiger partial charge >= 0.3 is 6.18 Å². The monoisotopic (exact) mass is 317 g/mol. The Hall–Kier alpha value is -0.650. The lowest BCUT2D eigenvalue weighted by Crippen LogP contribution is -2.42. The summed E-state index contributed by atoms with van der Waals surface area (Å²) >= 11 is 17.2. The van der Waals surface area contributed by atoms with Gasteiger partial charge in [-0.1, -0.05) is 40.0 Å². The van der Waals surface area contributed by atoms with Crippen molar-refractivity contribution >= 4 is 41.0 Å². The summed E-state index contributed by atoms with van der Waals surface area (Å²) in [5, 5.41) is 3.05. The molecule has 1 aliphatic rings. The molecule has 0 spiro atoms. The molecule has 0 N–H and O–H groups in total. The molecule has 0 radical (unpaired) electrons. The predicted molar refractivity (Wildman–Crippen MR) is 63.4 cm³/mol. The molecule has 2 nitrogen and oxygen atoms in total. The third-order valence-corrected chi connectivity index (χ3v) is 3.77. The maximum atomic E-state index is 13.1. The molecule has 1 aliphatic heterocycles. The summed E-state index contributed by atoms with van der Waals surface area (Å²) in [5.74, 6) is 0. The van der Waals surface area contributed by atoms with Crippen LogP contribution in [0.15, 0.2) is 17.3 Å². The van der Waals surface area contributed by atoms with Crippen molar-refractivity contribution in [1.82, 2.24) is 0 Å². The van der Waals surface area contributed by atoms with Gasteiger partial charge in [-0.2, -0.15) is 13.2 Å². The number of oxime groups is 1. The van der Waals surface area contributed by atoms with Crippen LogP contribution in [-0.4, -0.2) is 12.4 Å². The van der Waals surface area contributed by atoms with Gasteiger partial charge in [0.1, 0.15) is 0 Å². The maximum absolute atomic E-state index is 13.1. The number of benzene rings is 1. The molecule has 98 valence electrons. The van der Waals surface area contributed by atoms with E-state index < -0.39 is 18.2 Å². The Morgan fingerprint density at radius 1 is 1.17 bits per heavy atom. The van der Waals surface area contributed by atoms with Crippen LogP contribution in [-0.2, 0) is 10.4 Å². The molecule has 0 aromatic heterocycles. The molecule has 1 aromatic carbocycles. The first-order valence-corrected chi connectivity index (χ1v) is 5.83. The summed E-state index contributed by atoms with van der Waals surface area (Å²) in [6.07, 6.45) is -4.04. The average molecular weight is 319 g/mol. The zero-order valence-electron chi connectivity index (χ0n) is 8.56. The molecule has 0 aliphatic carbocycles. The van der Waals surface area contributed by atoms with E-state index in [2.05, 4.69) is 9.99 Å². The lowest BCUT2D eigenvalue weighted by molar-refractivity contribution is -0.275. The first-order chi connectivity index (χ1) is 8.28. The highest BCUT2D eigenvalue weighted by Gasteiger charge is 2.60. The first-order valence-electron chi connectivity index (χ1n) is 4.70. The van der Waals surface area contributed by atoms with E-state index >= 15 is 0 Å². The number of halogens is 6. The van der Waals surface area contributed by atoms with Crippen molar-refractivity contribution in [2.45, 2.75) is 18.2 Å². The third kappa shape index (κ3) is 2.04. The van der Waals surface area contributed by atoms with Gasteiger partial charge < -0.3 is 4.84 Å². The minimum Gasteiger partial charge on any atom is -0.375 e. The Labute approximate surface area is 115 Å². The standard InChI is InChI=1S/C10H5Cl3F3NO/c11-6-3-5(4-7(12)8(6)13)9(10(14,15)16)1-2-17-18-9/h2-4H,1H2/t9-/m0/s1. The summed E-state index contributed by atoms with van der Waals surface area (Å²) in [6.45, 7) is 0. The minimum atomic E-state index is -4.65. The molecular formula is C10H5Cl3F3NO. The molecule has 8 heteroatoms. The number of nitrogens with zero attached hydrogens (tertiary/aromatic N) is 1. The molecule has 1 heterocycles. The van der Waals surface area contributed by atoms with Crippen LogP contribution in [0.2, 0.25) is 15.1 Å². The molecule has 0 saturated carbocycles. The van der Waals surface area contributed by atoms with E-state index in [-0.39, 0.29) is 20.6 Å². The second kappa shape index (κ2) is 4.47. The molecule has 0 fully saturated rings. The van der Waals surface area contributed by atoms with Crippen molar-refractivity contribution < 1.29 is 18.0 Å². The Kier molecular flexibility index (Phi) is 3.42. The largest absolute Gasteiger partial charge is 0.435 e. The number of hydrogen-bond donors (Lipinski definition) is 0. The zero-order chi connectivity index (χ0) is 13.6. The molecule has 0 saturated heterocycles. The summed E-state index contributed by atoms with van der Waals surface area (Å²) in [6, 6.07) is 2.16. The lowest BCUT2D eigenvalue weighted by Gasteiger charge is -2.29. The average Bonchev–Trinajstić information content (AvgIpc) is 2.74. The van der Waals surface area contributed by atoms with Gasteiger partial charge in [0.25, 0.3) is 5.60 Å². The Morgan fingerprint density at radius 2 is 1.72 bits per heavy atom.